The number of carbonyl (C=O) groups is 2. The number of H-pyrrole nitrogens is 2. The summed E-state index contributed by atoms with van der Waals surface area (Å²) >= 11 is 16.4. The van der Waals surface area contributed by atoms with Gasteiger partial charge in [0.25, 0.3) is 0 Å². The molecule has 0 aliphatic heterocycles. The summed E-state index contributed by atoms with van der Waals surface area (Å²) in [7, 11) is 0. The maximum Gasteiger partial charge on any atom is 2.00 e. The van der Waals surface area contributed by atoms with E-state index in [2.05, 4.69) is 70.5 Å². The van der Waals surface area contributed by atoms with Crippen LogP contribution in [0.5, 0.6) is 0 Å². The van der Waals surface area contributed by atoms with Crippen LogP contribution in [0.25, 0.3) is 0 Å². The molecule has 37 heavy (non-hydrogen) atoms. The summed E-state index contributed by atoms with van der Waals surface area (Å²) in [6, 6.07) is 10.1. The van der Waals surface area contributed by atoms with Crippen LogP contribution in [-0.4, -0.2) is 31.9 Å². The van der Waals surface area contributed by atoms with E-state index in [9.17, 15) is 19.8 Å². The fourth-order valence-corrected chi connectivity index (χ4v) is 3.14. The monoisotopic (exact) mass is 626 g/mol. The van der Waals surface area contributed by atoms with Gasteiger partial charge in [0, 0.05) is 69.1 Å². The number of nitrogens with one attached hydrogen (secondary N) is 2. The Hall–Kier alpha value is -2.18. The Morgan fingerprint density at radius 3 is 1.24 bits per heavy atom. The number of imidazole rings is 2. The SMILES string of the molecule is Cc1ncc[nH]1.Cc1ncc[nH]1.O=C([O-])Cc1ccc(S)c(S)c1.O=C([O-])Cc1ccc(S)c(S)c1.[Zn+2]. The van der Waals surface area contributed by atoms with Crippen LogP contribution in [0.3, 0.4) is 0 Å². The molecule has 0 fully saturated rings. The van der Waals surface area contributed by atoms with Gasteiger partial charge in [-0.05, 0) is 49.2 Å². The van der Waals surface area contributed by atoms with Crippen LogP contribution in [-0.2, 0) is 41.9 Å². The van der Waals surface area contributed by atoms with Gasteiger partial charge >= 0.3 is 19.5 Å². The summed E-state index contributed by atoms with van der Waals surface area (Å²) < 4.78 is 0. The van der Waals surface area contributed by atoms with Gasteiger partial charge in [0.05, 0.1) is 0 Å². The molecule has 2 N–H and O–H groups in total. The largest absolute Gasteiger partial charge is 2.00 e. The van der Waals surface area contributed by atoms with E-state index in [1.807, 2.05) is 13.8 Å². The van der Waals surface area contributed by atoms with E-state index in [0.29, 0.717) is 20.9 Å². The van der Waals surface area contributed by atoms with Crippen molar-refractivity contribution in [3.8, 4) is 0 Å². The molecule has 4 aromatic rings. The minimum atomic E-state index is -1.09. The number of carboxylic acid groups (broad SMARTS) is 2. The Bertz CT molecular complexity index is 1130. The third kappa shape index (κ3) is 16.3. The Morgan fingerprint density at radius 2 is 1.05 bits per heavy atom. The molecule has 0 aliphatic carbocycles. The third-order valence-corrected chi connectivity index (χ3v) is 5.92. The maximum atomic E-state index is 10.2. The molecule has 0 aliphatic rings. The first-order valence-corrected chi connectivity index (χ1v) is 12.1. The van der Waals surface area contributed by atoms with Crippen LogP contribution < -0.4 is 10.2 Å². The summed E-state index contributed by atoms with van der Waals surface area (Å²) in [6.45, 7) is 3.83. The molecule has 0 bridgehead atoms. The molecule has 13 heteroatoms. The summed E-state index contributed by atoms with van der Waals surface area (Å²) in [5, 5.41) is 20.4. The zero-order chi connectivity index (χ0) is 27.1. The normalized spacial score (nSPS) is 9.24. The topological polar surface area (TPSA) is 138 Å². The molecule has 0 amide bonds. The number of benzene rings is 2. The number of carboxylic acids is 2. The van der Waals surface area contributed by atoms with Gasteiger partial charge in [0.2, 0.25) is 0 Å². The molecule has 0 atom stereocenters. The van der Waals surface area contributed by atoms with Crippen LogP contribution in [0.1, 0.15) is 22.8 Å². The zero-order valence-electron chi connectivity index (χ0n) is 20.2. The molecule has 4 rings (SSSR count). The second-order valence-electron chi connectivity index (χ2n) is 7.09. The van der Waals surface area contributed by atoms with E-state index >= 15 is 0 Å². The van der Waals surface area contributed by atoms with Gasteiger partial charge in [-0.2, -0.15) is 0 Å². The Morgan fingerprint density at radius 1 is 0.703 bits per heavy atom. The van der Waals surface area contributed by atoms with E-state index in [1.54, 1.807) is 61.2 Å². The van der Waals surface area contributed by atoms with Gasteiger partial charge in [-0.25, -0.2) is 9.97 Å². The van der Waals surface area contributed by atoms with Crippen molar-refractivity contribution >= 4 is 62.5 Å². The van der Waals surface area contributed by atoms with E-state index in [1.165, 1.54) is 0 Å². The number of aliphatic carboxylic acids is 2. The van der Waals surface area contributed by atoms with Gasteiger partial charge in [-0.3, -0.25) is 0 Å². The summed E-state index contributed by atoms with van der Waals surface area (Å²) in [5.41, 5.74) is 1.36. The molecule has 0 spiro atoms. The fourth-order valence-electron chi connectivity index (χ4n) is 2.38. The van der Waals surface area contributed by atoms with Crippen LogP contribution in [0.4, 0.5) is 0 Å². The van der Waals surface area contributed by atoms with Crippen LogP contribution in [0.15, 0.2) is 80.8 Å². The third-order valence-electron chi connectivity index (χ3n) is 4.05. The number of carbonyl (C=O) groups excluding carboxylic acids is 2. The van der Waals surface area contributed by atoms with Crippen LogP contribution >= 0.6 is 50.5 Å². The molecule has 0 saturated carbocycles. The molecule has 0 radical (unpaired) electrons. The average Bonchev–Trinajstić information content (AvgIpc) is 3.47. The summed E-state index contributed by atoms with van der Waals surface area (Å²) in [6.07, 6.45) is 6.90. The van der Waals surface area contributed by atoms with Gasteiger partial charge in [-0.1, -0.05) is 12.1 Å². The molecule has 192 valence electrons. The smallest absolute Gasteiger partial charge is 0.550 e. The molecule has 2 aromatic carbocycles. The van der Waals surface area contributed by atoms with Crippen molar-refractivity contribution in [2.24, 2.45) is 0 Å². The standard InChI is InChI=1S/2C8H8O2S2.2C4H6N2.Zn/c2*9-8(10)4-5-1-2-6(11)7(12)3-5;2*1-4-5-2-3-6-4;/h2*1-3,11-12H,4H2,(H,9,10);2*2-3H,1H3,(H,5,6);/q;;;;+2/p-2. The first-order valence-electron chi connectivity index (χ1n) is 10.3. The number of hydrogen-bond acceptors (Lipinski definition) is 10. The molecular formula is C24H26N4O4S4Zn. The number of nitrogens with zero attached hydrogens (tertiary/aromatic N) is 2. The summed E-state index contributed by atoms with van der Waals surface area (Å²) in [4.78, 5) is 36.7. The molecule has 2 aromatic heterocycles. The van der Waals surface area contributed by atoms with Crippen molar-refractivity contribution in [3.63, 3.8) is 0 Å². The molecule has 2 heterocycles. The minimum absolute atomic E-state index is 0. The van der Waals surface area contributed by atoms with Crippen LogP contribution in [0, 0.1) is 13.8 Å². The van der Waals surface area contributed by atoms with Crippen molar-refractivity contribution in [2.75, 3.05) is 0 Å². The van der Waals surface area contributed by atoms with E-state index in [4.69, 9.17) is 0 Å². The predicted molar refractivity (Wildman–Crippen MR) is 146 cm³/mol. The number of aryl methyl sites for hydroxylation is 2. The van der Waals surface area contributed by atoms with E-state index < -0.39 is 11.9 Å². The number of aromatic nitrogens is 4. The second-order valence-corrected chi connectivity index (χ2v) is 9.02. The average molecular weight is 628 g/mol. The van der Waals surface area contributed by atoms with E-state index in [-0.39, 0.29) is 32.3 Å². The second kappa shape index (κ2) is 19.0. The Kier molecular flexibility index (Phi) is 17.9. The molecule has 0 unspecified atom stereocenters. The van der Waals surface area contributed by atoms with Gasteiger partial charge in [0.15, 0.2) is 0 Å². The van der Waals surface area contributed by atoms with Crippen molar-refractivity contribution < 1.29 is 39.3 Å². The maximum absolute atomic E-state index is 10.2. The van der Waals surface area contributed by atoms with Gasteiger partial charge in [-0.15, -0.1) is 50.5 Å². The van der Waals surface area contributed by atoms with E-state index in [0.717, 1.165) is 21.4 Å². The van der Waals surface area contributed by atoms with Crippen molar-refractivity contribution in [2.45, 2.75) is 46.3 Å². The fraction of sp³-hybridized carbons (Fsp3) is 0.167. The molecule has 8 nitrogen and oxygen atoms in total. The molecular weight excluding hydrogens is 602 g/mol. The number of aromatic amines is 2. The number of rotatable bonds is 4. The van der Waals surface area contributed by atoms with Gasteiger partial charge in [0.1, 0.15) is 11.6 Å². The van der Waals surface area contributed by atoms with Crippen molar-refractivity contribution in [1.82, 2.24) is 19.9 Å². The first-order chi connectivity index (χ1) is 17.0. The number of thiol groups is 4. The predicted octanol–water partition coefficient (Wildman–Crippen LogP) is 2.55. The van der Waals surface area contributed by atoms with Crippen molar-refractivity contribution in [3.05, 3.63) is 84.0 Å². The number of hydrogen-bond donors (Lipinski definition) is 6. The quantitative estimate of drug-likeness (QED) is 0.152. The van der Waals surface area contributed by atoms with Gasteiger partial charge < -0.3 is 29.8 Å². The Balaban J connectivity index is 0.000000485. The van der Waals surface area contributed by atoms with Crippen molar-refractivity contribution in [1.29, 1.82) is 0 Å². The zero-order valence-corrected chi connectivity index (χ0v) is 26.8. The first kappa shape index (κ1) is 34.8. The molecule has 0 saturated heterocycles. The Labute approximate surface area is 250 Å². The minimum Gasteiger partial charge on any atom is -0.550 e. The van der Waals surface area contributed by atoms with Crippen LogP contribution in [0.2, 0.25) is 0 Å². The summed E-state index contributed by atoms with van der Waals surface area (Å²) in [5.74, 6) is -0.241.